The molecule has 3 atom stereocenters. The quantitative estimate of drug-likeness (QED) is 0.102. The third kappa shape index (κ3) is 10.7. The molecule has 0 bridgehead atoms. The van der Waals surface area contributed by atoms with E-state index < -0.39 is 5.97 Å². The predicted molar refractivity (Wildman–Crippen MR) is 154 cm³/mol. The number of hydrogen-bond acceptors (Lipinski definition) is 6. The standard InChI is InChI=1S/C32H50N4O2/c1-5-7-14-26(6-2)23-38-32(37)29(22-34)24(3)13-10-11-19-35-30-17-8-9-18-31(30)36-28-16-12-15-27(20-28)25(4)21-33/h20,26,30-31,35-36H,5-19,23H2,1-4H3/b27-25-,29-24-. The van der Waals surface area contributed by atoms with Gasteiger partial charge in [0.25, 0.3) is 0 Å². The molecule has 0 aromatic rings. The van der Waals surface area contributed by atoms with Crippen LogP contribution in [0, 0.1) is 28.6 Å². The molecule has 0 spiro atoms. The van der Waals surface area contributed by atoms with Crippen LogP contribution < -0.4 is 10.6 Å². The summed E-state index contributed by atoms with van der Waals surface area (Å²) >= 11 is 0. The van der Waals surface area contributed by atoms with Gasteiger partial charge in [-0.1, -0.05) is 46.0 Å². The number of nitrogens with zero attached hydrogens (tertiary/aromatic N) is 2. The second-order valence-corrected chi connectivity index (χ2v) is 11.1. The average molecular weight is 523 g/mol. The van der Waals surface area contributed by atoms with Crippen molar-refractivity contribution in [3.8, 4) is 12.1 Å². The first-order chi connectivity index (χ1) is 18.4. The van der Waals surface area contributed by atoms with Gasteiger partial charge in [-0.05, 0) is 101 Å². The summed E-state index contributed by atoms with van der Waals surface area (Å²) in [6, 6.07) is 5.25. The number of carbonyl (C=O) groups excluding carboxylic acids is 1. The molecule has 1 saturated carbocycles. The second kappa shape index (κ2) is 17.8. The van der Waals surface area contributed by atoms with Crippen molar-refractivity contribution in [1.82, 2.24) is 10.6 Å². The Morgan fingerprint density at radius 1 is 1.05 bits per heavy atom. The maximum absolute atomic E-state index is 12.5. The van der Waals surface area contributed by atoms with Crippen molar-refractivity contribution in [2.45, 2.75) is 130 Å². The molecule has 2 rings (SSSR count). The topological polar surface area (TPSA) is 97.9 Å². The number of allylic oxidation sites excluding steroid dienone is 5. The maximum atomic E-state index is 12.5. The summed E-state index contributed by atoms with van der Waals surface area (Å²) in [7, 11) is 0. The minimum absolute atomic E-state index is 0.181. The van der Waals surface area contributed by atoms with Gasteiger partial charge < -0.3 is 15.4 Å². The lowest BCUT2D eigenvalue weighted by molar-refractivity contribution is -0.140. The molecule has 0 aromatic heterocycles. The molecule has 0 amide bonds. The lowest BCUT2D eigenvalue weighted by atomic mass is 9.88. The van der Waals surface area contributed by atoms with Gasteiger partial charge >= 0.3 is 5.97 Å². The summed E-state index contributed by atoms with van der Waals surface area (Å²) in [5.74, 6) is -0.0907. The number of carbonyl (C=O) groups is 1. The van der Waals surface area contributed by atoms with Crippen molar-refractivity contribution in [3.63, 3.8) is 0 Å². The summed E-state index contributed by atoms with van der Waals surface area (Å²) in [5.41, 5.74) is 4.29. The van der Waals surface area contributed by atoms with Crippen LogP contribution in [0.15, 0.2) is 34.1 Å². The molecule has 0 radical (unpaired) electrons. The number of nitrogens with one attached hydrogen (secondary N) is 2. The van der Waals surface area contributed by atoms with Gasteiger partial charge in [-0.15, -0.1) is 0 Å². The molecule has 6 nitrogen and oxygen atoms in total. The third-order valence-electron chi connectivity index (χ3n) is 8.15. The number of nitriles is 2. The Morgan fingerprint density at radius 3 is 2.50 bits per heavy atom. The van der Waals surface area contributed by atoms with E-state index in [0.717, 1.165) is 88.3 Å². The average Bonchev–Trinajstić information content (AvgIpc) is 2.94. The van der Waals surface area contributed by atoms with E-state index in [1.54, 1.807) is 0 Å². The van der Waals surface area contributed by atoms with E-state index in [-0.39, 0.29) is 5.57 Å². The van der Waals surface area contributed by atoms with Gasteiger partial charge in [-0.3, -0.25) is 0 Å². The molecule has 2 aliphatic rings. The van der Waals surface area contributed by atoms with Crippen molar-refractivity contribution in [3.05, 3.63) is 34.1 Å². The molecule has 0 aromatic carbocycles. The number of ether oxygens (including phenoxy) is 1. The molecule has 3 unspecified atom stereocenters. The van der Waals surface area contributed by atoms with Crippen LogP contribution in [0.3, 0.4) is 0 Å². The molecular formula is C32H50N4O2. The molecule has 0 aliphatic heterocycles. The Kier molecular flexibility index (Phi) is 14.9. The Hall–Kier alpha value is -2.57. The largest absolute Gasteiger partial charge is 0.461 e. The first-order valence-corrected chi connectivity index (χ1v) is 15.0. The third-order valence-corrected chi connectivity index (χ3v) is 8.15. The van der Waals surface area contributed by atoms with Crippen LogP contribution in [0.5, 0.6) is 0 Å². The Labute approximate surface area is 231 Å². The molecule has 1 fully saturated rings. The zero-order valence-corrected chi connectivity index (χ0v) is 24.3. The Bertz CT molecular complexity index is 934. The summed E-state index contributed by atoms with van der Waals surface area (Å²) in [5, 5.41) is 26.4. The molecule has 38 heavy (non-hydrogen) atoms. The molecular weight excluding hydrogens is 472 g/mol. The van der Waals surface area contributed by atoms with Crippen molar-refractivity contribution in [2.24, 2.45) is 5.92 Å². The highest BCUT2D eigenvalue weighted by atomic mass is 16.5. The zero-order chi connectivity index (χ0) is 27.8. The van der Waals surface area contributed by atoms with E-state index >= 15 is 0 Å². The van der Waals surface area contributed by atoms with Crippen molar-refractivity contribution >= 4 is 5.97 Å². The van der Waals surface area contributed by atoms with Crippen LogP contribution in [0.1, 0.15) is 118 Å². The van der Waals surface area contributed by atoms with Gasteiger partial charge in [-0.25, -0.2) is 4.79 Å². The van der Waals surface area contributed by atoms with Crippen LogP contribution in [0.4, 0.5) is 0 Å². The number of esters is 1. The first kappa shape index (κ1) is 31.6. The fourth-order valence-electron chi connectivity index (χ4n) is 5.50. The summed E-state index contributed by atoms with van der Waals surface area (Å²) in [6.07, 6.45) is 17.2. The second-order valence-electron chi connectivity index (χ2n) is 11.1. The molecule has 0 heterocycles. The lowest BCUT2D eigenvalue weighted by Gasteiger charge is -2.35. The fourth-order valence-corrected chi connectivity index (χ4v) is 5.50. The highest BCUT2D eigenvalue weighted by Crippen LogP contribution is 2.26. The smallest absolute Gasteiger partial charge is 0.348 e. The van der Waals surface area contributed by atoms with Crippen LogP contribution >= 0.6 is 0 Å². The summed E-state index contributed by atoms with van der Waals surface area (Å²) < 4.78 is 5.51. The molecule has 0 saturated heterocycles. The van der Waals surface area contributed by atoms with Gasteiger partial charge in [0.05, 0.1) is 12.7 Å². The van der Waals surface area contributed by atoms with E-state index in [9.17, 15) is 15.3 Å². The minimum Gasteiger partial charge on any atom is -0.461 e. The van der Waals surface area contributed by atoms with Gasteiger partial charge in [0.2, 0.25) is 0 Å². The van der Waals surface area contributed by atoms with Crippen LogP contribution in [-0.4, -0.2) is 31.2 Å². The van der Waals surface area contributed by atoms with Gasteiger partial charge in [0.15, 0.2) is 0 Å². The van der Waals surface area contributed by atoms with Crippen molar-refractivity contribution < 1.29 is 9.53 Å². The van der Waals surface area contributed by atoms with Gasteiger partial charge in [-0.2, -0.15) is 10.5 Å². The lowest BCUT2D eigenvalue weighted by Crippen LogP contribution is -2.49. The highest BCUT2D eigenvalue weighted by molar-refractivity contribution is 5.93. The van der Waals surface area contributed by atoms with Crippen LogP contribution in [0.25, 0.3) is 0 Å². The Morgan fingerprint density at radius 2 is 1.82 bits per heavy atom. The molecule has 210 valence electrons. The zero-order valence-electron chi connectivity index (χ0n) is 24.3. The van der Waals surface area contributed by atoms with Gasteiger partial charge in [0, 0.05) is 23.4 Å². The summed E-state index contributed by atoms with van der Waals surface area (Å²) in [4.78, 5) is 12.5. The normalized spacial score (nSPS) is 22.3. The summed E-state index contributed by atoms with van der Waals surface area (Å²) in [6.45, 7) is 9.42. The van der Waals surface area contributed by atoms with Crippen molar-refractivity contribution in [2.75, 3.05) is 13.2 Å². The maximum Gasteiger partial charge on any atom is 0.348 e. The molecule has 2 aliphatic carbocycles. The Balaban J connectivity index is 1.80. The van der Waals surface area contributed by atoms with E-state index in [1.165, 1.54) is 30.5 Å². The number of rotatable bonds is 15. The van der Waals surface area contributed by atoms with E-state index in [0.29, 0.717) is 24.6 Å². The van der Waals surface area contributed by atoms with Crippen molar-refractivity contribution in [1.29, 1.82) is 10.5 Å². The molecule has 2 N–H and O–H groups in total. The number of hydrogen-bond donors (Lipinski definition) is 2. The minimum atomic E-state index is -0.464. The van der Waals surface area contributed by atoms with E-state index in [2.05, 4.69) is 42.7 Å². The van der Waals surface area contributed by atoms with Crippen LogP contribution in [0.2, 0.25) is 0 Å². The highest BCUT2D eigenvalue weighted by Gasteiger charge is 2.25. The van der Waals surface area contributed by atoms with Crippen LogP contribution in [-0.2, 0) is 9.53 Å². The monoisotopic (exact) mass is 522 g/mol. The van der Waals surface area contributed by atoms with E-state index in [4.69, 9.17) is 4.74 Å². The SMILES string of the molecule is CCCCC(CC)COC(=O)/C(C#N)=C(/C)CCCCNC1CCCCC1NC1=C/C(=C(/C)C#N)CCC1. The first-order valence-electron chi connectivity index (χ1n) is 15.0. The molecule has 6 heteroatoms. The van der Waals surface area contributed by atoms with E-state index in [1.807, 2.05) is 13.8 Å². The predicted octanol–water partition coefficient (Wildman–Crippen LogP) is 7.15. The number of unbranched alkanes of at least 4 members (excludes halogenated alkanes) is 2. The fraction of sp³-hybridized carbons (Fsp3) is 0.719. The van der Waals surface area contributed by atoms with Gasteiger partial charge in [0.1, 0.15) is 11.6 Å².